The van der Waals surface area contributed by atoms with Crippen LogP contribution in [0.4, 0.5) is 10.1 Å². The van der Waals surface area contributed by atoms with E-state index >= 15 is 0 Å². The van der Waals surface area contributed by atoms with Crippen LogP contribution in [-0.4, -0.2) is 11.1 Å². The maximum absolute atomic E-state index is 12.8. The van der Waals surface area contributed by atoms with E-state index in [9.17, 15) is 9.18 Å². The average Bonchev–Trinajstić information content (AvgIpc) is 1.96. The van der Waals surface area contributed by atoms with Crippen LogP contribution >= 0.6 is 0 Å². The van der Waals surface area contributed by atoms with Crippen LogP contribution in [0.5, 0.6) is 0 Å². The van der Waals surface area contributed by atoms with Gasteiger partial charge in [-0.2, -0.15) is 0 Å². The number of aryl methyl sites for hydroxylation is 1. The number of anilines is 1. The lowest BCUT2D eigenvalue weighted by Crippen LogP contribution is -2.03. The molecule has 1 rings (SSSR count). The molecular weight excluding hydrogens is 161 g/mol. The highest BCUT2D eigenvalue weighted by molar-refractivity contribution is 5.93. The summed E-state index contributed by atoms with van der Waals surface area (Å²) in [5.41, 5.74) is 5.44. The van der Waals surface area contributed by atoms with Crippen LogP contribution in [0.1, 0.15) is 15.9 Å². The average molecular weight is 169 g/mol. The number of benzene rings is 1. The number of aromatic carboxylic acids is 1. The summed E-state index contributed by atoms with van der Waals surface area (Å²) in [4.78, 5) is 10.5. The van der Waals surface area contributed by atoms with Crippen molar-refractivity contribution in [2.45, 2.75) is 6.92 Å². The number of carbonyl (C=O) groups is 1. The Bertz CT molecular complexity index is 336. The molecule has 0 radical (unpaired) electrons. The molecule has 0 heterocycles. The van der Waals surface area contributed by atoms with Crippen LogP contribution in [0, 0.1) is 12.7 Å². The van der Waals surface area contributed by atoms with Crippen molar-refractivity contribution in [3.8, 4) is 0 Å². The molecule has 0 aliphatic rings. The Hall–Kier alpha value is -1.58. The molecule has 3 nitrogen and oxygen atoms in total. The minimum atomic E-state index is -1.14. The summed E-state index contributed by atoms with van der Waals surface area (Å²) in [6.07, 6.45) is 0. The van der Waals surface area contributed by atoms with E-state index in [4.69, 9.17) is 10.8 Å². The third-order valence-corrected chi connectivity index (χ3v) is 1.56. The third kappa shape index (κ3) is 1.37. The van der Waals surface area contributed by atoms with E-state index in [0.29, 0.717) is 0 Å². The largest absolute Gasteiger partial charge is 0.478 e. The quantitative estimate of drug-likeness (QED) is 0.625. The standard InChI is InChI=1S/C8H8FNO2/c1-4-2-5(8(11)12)7(10)3-6(4)9/h2-3H,10H2,1H3,(H,11,12). The van der Waals surface area contributed by atoms with Crippen molar-refractivity contribution in [2.24, 2.45) is 0 Å². The second-order valence-electron chi connectivity index (χ2n) is 2.49. The fraction of sp³-hybridized carbons (Fsp3) is 0.125. The molecule has 0 spiro atoms. The van der Waals surface area contributed by atoms with Gasteiger partial charge in [-0.15, -0.1) is 0 Å². The molecule has 3 N–H and O–H groups in total. The lowest BCUT2D eigenvalue weighted by atomic mass is 10.1. The molecule has 0 fully saturated rings. The van der Waals surface area contributed by atoms with E-state index in [2.05, 4.69) is 0 Å². The Morgan fingerprint density at radius 3 is 2.67 bits per heavy atom. The number of hydrogen-bond acceptors (Lipinski definition) is 2. The van der Waals surface area contributed by atoms with Gasteiger partial charge >= 0.3 is 5.97 Å². The highest BCUT2D eigenvalue weighted by Gasteiger charge is 2.10. The number of hydrogen-bond donors (Lipinski definition) is 2. The maximum Gasteiger partial charge on any atom is 0.337 e. The van der Waals surface area contributed by atoms with Gasteiger partial charge in [0.05, 0.1) is 5.56 Å². The normalized spacial score (nSPS) is 9.83. The van der Waals surface area contributed by atoms with Crippen LogP contribution < -0.4 is 5.73 Å². The number of carboxylic acid groups (broad SMARTS) is 1. The Kier molecular flexibility index (Phi) is 1.99. The summed E-state index contributed by atoms with van der Waals surface area (Å²) in [6, 6.07) is 2.23. The summed E-state index contributed by atoms with van der Waals surface area (Å²) in [7, 11) is 0. The molecule has 1 aromatic carbocycles. The van der Waals surface area contributed by atoms with Gasteiger partial charge < -0.3 is 10.8 Å². The zero-order chi connectivity index (χ0) is 9.30. The molecule has 0 saturated carbocycles. The van der Waals surface area contributed by atoms with Crippen LogP contribution in [0.2, 0.25) is 0 Å². The summed E-state index contributed by atoms with van der Waals surface area (Å²) in [5, 5.41) is 8.58. The Balaban J connectivity index is 3.33. The monoisotopic (exact) mass is 169 g/mol. The van der Waals surface area contributed by atoms with Gasteiger partial charge in [0.25, 0.3) is 0 Å². The summed E-state index contributed by atoms with van der Waals surface area (Å²) < 4.78 is 12.8. The molecule has 0 aromatic heterocycles. The van der Waals surface area contributed by atoms with E-state index in [1.165, 1.54) is 13.0 Å². The number of rotatable bonds is 1. The Labute approximate surface area is 68.6 Å². The summed E-state index contributed by atoms with van der Waals surface area (Å²) in [5.74, 6) is -1.63. The van der Waals surface area contributed by atoms with Crippen molar-refractivity contribution in [3.63, 3.8) is 0 Å². The summed E-state index contributed by atoms with van der Waals surface area (Å²) >= 11 is 0. The zero-order valence-electron chi connectivity index (χ0n) is 6.47. The van der Waals surface area contributed by atoms with Crippen LogP contribution in [-0.2, 0) is 0 Å². The topological polar surface area (TPSA) is 63.3 Å². The molecular formula is C8H8FNO2. The van der Waals surface area contributed by atoms with E-state index in [1.807, 2.05) is 0 Å². The van der Waals surface area contributed by atoms with Crippen LogP contribution in [0.3, 0.4) is 0 Å². The first-order chi connectivity index (χ1) is 5.52. The van der Waals surface area contributed by atoms with Gasteiger partial charge in [-0.05, 0) is 24.6 Å². The van der Waals surface area contributed by atoms with Gasteiger partial charge in [-0.1, -0.05) is 0 Å². The molecule has 0 bridgehead atoms. The minimum absolute atomic E-state index is 0.0504. The molecule has 0 amide bonds. The molecule has 4 heteroatoms. The number of carboxylic acids is 1. The third-order valence-electron chi connectivity index (χ3n) is 1.56. The smallest absolute Gasteiger partial charge is 0.337 e. The van der Waals surface area contributed by atoms with Crippen molar-refractivity contribution in [2.75, 3.05) is 5.73 Å². The molecule has 0 aliphatic heterocycles. The highest BCUT2D eigenvalue weighted by Crippen LogP contribution is 2.16. The molecule has 0 unspecified atom stereocenters. The zero-order valence-corrected chi connectivity index (χ0v) is 6.47. The maximum atomic E-state index is 12.8. The van der Waals surface area contributed by atoms with Gasteiger partial charge in [-0.3, -0.25) is 0 Å². The molecule has 64 valence electrons. The second-order valence-corrected chi connectivity index (χ2v) is 2.49. The molecule has 12 heavy (non-hydrogen) atoms. The molecule has 0 atom stereocenters. The van der Waals surface area contributed by atoms with Crippen molar-refractivity contribution in [3.05, 3.63) is 29.1 Å². The first kappa shape index (κ1) is 8.52. The fourth-order valence-corrected chi connectivity index (χ4v) is 0.882. The van der Waals surface area contributed by atoms with E-state index in [1.54, 1.807) is 0 Å². The van der Waals surface area contributed by atoms with E-state index in [0.717, 1.165) is 6.07 Å². The van der Waals surface area contributed by atoms with Gasteiger partial charge in [0, 0.05) is 5.69 Å². The van der Waals surface area contributed by atoms with Crippen molar-refractivity contribution < 1.29 is 14.3 Å². The van der Waals surface area contributed by atoms with Gasteiger partial charge in [0.2, 0.25) is 0 Å². The molecule has 0 aliphatic carbocycles. The molecule has 0 saturated heterocycles. The lowest BCUT2D eigenvalue weighted by Gasteiger charge is -2.02. The summed E-state index contributed by atoms with van der Waals surface area (Å²) in [6.45, 7) is 1.49. The fourth-order valence-electron chi connectivity index (χ4n) is 0.882. The van der Waals surface area contributed by atoms with Crippen molar-refractivity contribution in [1.29, 1.82) is 0 Å². The molecule has 1 aromatic rings. The van der Waals surface area contributed by atoms with Crippen molar-refractivity contribution in [1.82, 2.24) is 0 Å². The predicted molar refractivity (Wildman–Crippen MR) is 42.5 cm³/mol. The van der Waals surface area contributed by atoms with Crippen LogP contribution in [0.25, 0.3) is 0 Å². The van der Waals surface area contributed by atoms with Crippen molar-refractivity contribution >= 4 is 11.7 Å². The number of nitrogen functional groups attached to an aromatic ring is 1. The number of halogens is 1. The number of nitrogens with two attached hydrogens (primary N) is 1. The van der Waals surface area contributed by atoms with Gasteiger partial charge in [0.15, 0.2) is 0 Å². The van der Waals surface area contributed by atoms with Gasteiger partial charge in [0.1, 0.15) is 5.82 Å². The van der Waals surface area contributed by atoms with E-state index < -0.39 is 11.8 Å². The predicted octanol–water partition coefficient (Wildman–Crippen LogP) is 1.41. The van der Waals surface area contributed by atoms with Crippen LogP contribution in [0.15, 0.2) is 12.1 Å². The van der Waals surface area contributed by atoms with E-state index in [-0.39, 0.29) is 16.8 Å². The SMILES string of the molecule is Cc1cc(C(=O)O)c(N)cc1F. The second kappa shape index (κ2) is 2.81. The first-order valence-corrected chi connectivity index (χ1v) is 3.31. The Morgan fingerprint density at radius 2 is 2.17 bits per heavy atom. The van der Waals surface area contributed by atoms with Gasteiger partial charge in [-0.25, -0.2) is 9.18 Å². The minimum Gasteiger partial charge on any atom is -0.478 e. The first-order valence-electron chi connectivity index (χ1n) is 3.31. The lowest BCUT2D eigenvalue weighted by molar-refractivity contribution is 0.0698. The Morgan fingerprint density at radius 1 is 1.58 bits per heavy atom. The highest BCUT2D eigenvalue weighted by atomic mass is 19.1.